The van der Waals surface area contributed by atoms with Crippen molar-refractivity contribution in [2.24, 2.45) is 5.92 Å². The Labute approximate surface area is 234 Å². The summed E-state index contributed by atoms with van der Waals surface area (Å²) < 4.78 is 20.8. The fraction of sp³-hybridized carbons (Fsp3) is 0.406. The smallest absolute Gasteiger partial charge is 0.226 e. The Hall–Kier alpha value is -2.70. The average Bonchev–Trinajstić information content (AvgIpc) is 2.92. The number of carbonyl (C=O) groups is 1. The Morgan fingerprint density at radius 2 is 1.74 bits per heavy atom. The molecule has 0 aromatic heterocycles. The van der Waals surface area contributed by atoms with Crippen molar-refractivity contribution in [2.45, 2.75) is 64.5 Å². The van der Waals surface area contributed by atoms with Crippen LogP contribution >= 0.6 is 15.9 Å². The number of benzene rings is 3. The molecule has 1 fully saturated rings. The minimum atomic E-state index is -0.188. The summed E-state index contributed by atoms with van der Waals surface area (Å²) in [6.45, 7) is 5.74. The van der Waals surface area contributed by atoms with Crippen molar-refractivity contribution in [3.8, 4) is 5.75 Å². The molecule has 202 valence electrons. The predicted octanol–water partition coefficient (Wildman–Crippen LogP) is 8.18. The van der Waals surface area contributed by atoms with Crippen LogP contribution in [-0.2, 0) is 11.2 Å². The molecule has 1 amide bonds. The number of amides is 1. The molecule has 1 aliphatic heterocycles. The predicted molar refractivity (Wildman–Crippen MR) is 156 cm³/mol. The van der Waals surface area contributed by atoms with Gasteiger partial charge in [0.25, 0.3) is 0 Å². The average molecular weight is 582 g/mol. The molecule has 1 atom stereocenters. The van der Waals surface area contributed by atoms with Gasteiger partial charge in [0.15, 0.2) is 6.23 Å². The number of hydrogen-bond acceptors (Lipinski definition) is 3. The van der Waals surface area contributed by atoms with E-state index in [0.717, 1.165) is 67.5 Å². The van der Waals surface area contributed by atoms with E-state index in [9.17, 15) is 9.18 Å². The topological polar surface area (TPSA) is 41.6 Å². The minimum absolute atomic E-state index is 0.0157. The van der Waals surface area contributed by atoms with Crippen molar-refractivity contribution >= 4 is 27.5 Å². The number of nitrogens with one attached hydrogen (secondary N) is 1. The number of aryl methyl sites for hydroxylation is 1. The van der Waals surface area contributed by atoms with Gasteiger partial charge in [0, 0.05) is 29.2 Å². The molecule has 4 nitrogen and oxygen atoms in total. The van der Waals surface area contributed by atoms with E-state index >= 15 is 0 Å². The molecule has 3 aromatic carbocycles. The molecule has 0 unspecified atom stereocenters. The molecular weight excluding hydrogens is 543 g/mol. The Bertz CT molecular complexity index is 1160. The van der Waals surface area contributed by atoms with Gasteiger partial charge in [-0.1, -0.05) is 54.0 Å². The van der Waals surface area contributed by atoms with Crippen molar-refractivity contribution in [2.75, 3.05) is 18.4 Å². The van der Waals surface area contributed by atoms with E-state index in [4.69, 9.17) is 4.74 Å². The lowest BCUT2D eigenvalue weighted by molar-refractivity contribution is -0.118. The van der Waals surface area contributed by atoms with Gasteiger partial charge in [-0.3, -0.25) is 9.69 Å². The molecule has 4 rings (SSSR count). The van der Waals surface area contributed by atoms with Crippen LogP contribution in [0.5, 0.6) is 5.75 Å². The number of ether oxygens (including phenoxy) is 1. The van der Waals surface area contributed by atoms with E-state index in [0.29, 0.717) is 5.92 Å². The molecule has 38 heavy (non-hydrogen) atoms. The maximum atomic E-state index is 13.2. The molecule has 0 aliphatic carbocycles. The van der Waals surface area contributed by atoms with Gasteiger partial charge in [0.1, 0.15) is 11.6 Å². The van der Waals surface area contributed by atoms with Crippen LogP contribution in [0, 0.1) is 11.7 Å². The number of unbranched alkanes of at least 4 members (excludes halogenated alkanes) is 1. The number of piperidine rings is 1. The molecule has 1 N–H and O–H groups in total. The summed E-state index contributed by atoms with van der Waals surface area (Å²) in [5.74, 6) is 1.16. The van der Waals surface area contributed by atoms with Gasteiger partial charge >= 0.3 is 0 Å². The number of hydrogen-bond donors (Lipinski definition) is 1. The molecule has 0 radical (unpaired) electrons. The van der Waals surface area contributed by atoms with Crippen molar-refractivity contribution in [3.05, 3.63) is 94.2 Å². The van der Waals surface area contributed by atoms with Gasteiger partial charge in [0.2, 0.25) is 5.91 Å². The van der Waals surface area contributed by atoms with Gasteiger partial charge in [0.05, 0.1) is 0 Å². The molecule has 3 aromatic rings. The van der Waals surface area contributed by atoms with Gasteiger partial charge in [-0.05, 0) is 104 Å². The molecule has 0 bridgehead atoms. The maximum absolute atomic E-state index is 13.2. The summed E-state index contributed by atoms with van der Waals surface area (Å²) in [6.07, 6.45) is 6.08. The monoisotopic (exact) mass is 580 g/mol. The zero-order valence-corrected chi connectivity index (χ0v) is 23.9. The third-order valence-electron chi connectivity index (χ3n) is 7.25. The number of rotatable bonds is 11. The Balaban J connectivity index is 1.35. The van der Waals surface area contributed by atoms with Crippen LogP contribution in [0.3, 0.4) is 0 Å². The Kier molecular flexibility index (Phi) is 10.4. The Morgan fingerprint density at radius 3 is 2.42 bits per heavy atom. The molecule has 0 saturated carbocycles. The third kappa shape index (κ3) is 8.40. The summed E-state index contributed by atoms with van der Waals surface area (Å²) in [4.78, 5) is 14.6. The van der Waals surface area contributed by atoms with E-state index < -0.39 is 0 Å². The fourth-order valence-electron chi connectivity index (χ4n) is 4.96. The summed E-state index contributed by atoms with van der Waals surface area (Å²) >= 11 is 3.51. The largest absolute Gasteiger partial charge is 0.475 e. The number of carbonyl (C=O) groups excluding carboxylic acids is 1. The van der Waals surface area contributed by atoms with Gasteiger partial charge in [-0.15, -0.1) is 0 Å². The van der Waals surface area contributed by atoms with Gasteiger partial charge in [-0.2, -0.15) is 0 Å². The summed E-state index contributed by atoms with van der Waals surface area (Å²) in [5.41, 5.74) is 3.33. The lowest BCUT2D eigenvalue weighted by atomic mass is 9.89. The van der Waals surface area contributed by atoms with E-state index in [2.05, 4.69) is 38.3 Å². The van der Waals surface area contributed by atoms with Crippen molar-refractivity contribution in [1.82, 2.24) is 4.90 Å². The molecular formula is C32H38BrFN2O2. The third-order valence-corrected chi connectivity index (χ3v) is 7.78. The second-order valence-corrected chi connectivity index (χ2v) is 11.4. The van der Waals surface area contributed by atoms with Gasteiger partial charge in [-0.25, -0.2) is 4.39 Å². The van der Waals surface area contributed by atoms with Gasteiger partial charge < -0.3 is 10.1 Å². The second kappa shape index (κ2) is 13.9. The van der Waals surface area contributed by atoms with Crippen LogP contribution in [0.2, 0.25) is 0 Å². The first-order chi connectivity index (χ1) is 18.4. The Morgan fingerprint density at radius 1 is 1.03 bits per heavy atom. The first-order valence-electron chi connectivity index (χ1n) is 13.7. The number of likely N-dealkylation sites (tertiary alicyclic amines) is 1. The lowest BCUT2D eigenvalue weighted by Gasteiger charge is -2.37. The minimum Gasteiger partial charge on any atom is -0.475 e. The lowest BCUT2D eigenvalue weighted by Crippen LogP contribution is -2.44. The standard InChI is InChI=1S/C32H38BrFN2O2/c1-23(2)32(37)35-29-8-5-7-26(22-29)25-18-20-36(21-19-25)31(38-30-16-12-27(33)13-17-30)9-4-3-6-24-10-14-28(34)15-11-24/h5,7-8,10-17,22-23,25,31H,3-4,6,9,18-21H2,1-2H3,(H,35,37)/t31-/m0/s1. The summed E-state index contributed by atoms with van der Waals surface area (Å²) in [6, 6.07) is 23.2. The summed E-state index contributed by atoms with van der Waals surface area (Å²) in [5, 5.41) is 3.03. The number of anilines is 1. The highest BCUT2D eigenvalue weighted by Crippen LogP contribution is 2.32. The van der Waals surface area contributed by atoms with Crippen LogP contribution in [0.1, 0.15) is 63.0 Å². The van der Waals surface area contributed by atoms with E-state index in [-0.39, 0.29) is 23.9 Å². The van der Waals surface area contributed by atoms with Crippen LogP contribution < -0.4 is 10.1 Å². The normalized spacial score (nSPS) is 15.4. The number of nitrogens with zero attached hydrogens (tertiary/aromatic N) is 1. The molecule has 0 spiro atoms. The number of halogens is 2. The highest BCUT2D eigenvalue weighted by Gasteiger charge is 2.27. The molecule has 6 heteroatoms. The molecule has 1 aliphatic rings. The van der Waals surface area contributed by atoms with Crippen LogP contribution in [-0.4, -0.2) is 30.1 Å². The second-order valence-electron chi connectivity index (χ2n) is 10.5. The first kappa shape index (κ1) is 28.3. The zero-order valence-electron chi connectivity index (χ0n) is 22.3. The summed E-state index contributed by atoms with van der Waals surface area (Å²) in [7, 11) is 0. The fourth-order valence-corrected chi connectivity index (χ4v) is 5.23. The molecule has 1 heterocycles. The zero-order chi connectivity index (χ0) is 26.9. The highest BCUT2D eigenvalue weighted by molar-refractivity contribution is 9.10. The SMILES string of the molecule is CC(C)C(=O)Nc1cccc(C2CCN([C@H](CCCCc3ccc(F)cc3)Oc3ccc(Br)cc3)CC2)c1. The van der Waals surface area contributed by atoms with Crippen LogP contribution in [0.4, 0.5) is 10.1 Å². The van der Waals surface area contributed by atoms with Crippen molar-refractivity contribution in [3.63, 3.8) is 0 Å². The van der Waals surface area contributed by atoms with E-state index in [1.807, 2.05) is 62.4 Å². The molecule has 1 saturated heterocycles. The van der Waals surface area contributed by atoms with E-state index in [1.165, 1.54) is 23.3 Å². The maximum Gasteiger partial charge on any atom is 0.226 e. The first-order valence-corrected chi connectivity index (χ1v) is 14.5. The van der Waals surface area contributed by atoms with Crippen LogP contribution in [0.25, 0.3) is 0 Å². The van der Waals surface area contributed by atoms with Crippen molar-refractivity contribution < 1.29 is 13.9 Å². The van der Waals surface area contributed by atoms with Crippen molar-refractivity contribution in [1.29, 1.82) is 0 Å². The van der Waals surface area contributed by atoms with Crippen LogP contribution in [0.15, 0.2) is 77.3 Å². The highest BCUT2D eigenvalue weighted by atomic mass is 79.9. The van der Waals surface area contributed by atoms with E-state index in [1.54, 1.807) is 0 Å². The quantitative estimate of drug-likeness (QED) is 0.232.